The molecule has 0 spiro atoms. The lowest BCUT2D eigenvalue weighted by molar-refractivity contribution is 0.461. The van der Waals surface area contributed by atoms with Crippen LogP contribution in [0.3, 0.4) is 0 Å². The Morgan fingerprint density at radius 3 is 2.62 bits per heavy atom. The number of hydrogen-bond donors (Lipinski definition) is 2. The topological polar surface area (TPSA) is 72.0 Å². The van der Waals surface area contributed by atoms with E-state index in [-0.39, 0.29) is 5.84 Å². The van der Waals surface area contributed by atoms with Gasteiger partial charge in [-0.3, -0.25) is 5.41 Å². The number of fused-ring (bicyclic) bond motifs is 1. The van der Waals surface area contributed by atoms with Crippen LogP contribution in [0.25, 0.3) is 10.8 Å². The van der Waals surface area contributed by atoms with E-state index >= 15 is 0 Å². The zero-order valence-corrected chi connectivity index (χ0v) is 12.6. The molecule has 5 heteroatoms. The van der Waals surface area contributed by atoms with Crippen molar-refractivity contribution < 1.29 is 4.74 Å². The van der Waals surface area contributed by atoms with Crippen molar-refractivity contribution in [3.8, 4) is 11.6 Å². The Balaban J connectivity index is 1.94. The average molecular weight is 342 g/mol. The minimum atomic E-state index is -0.0130. The van der Waals surface area contributed by atoms with E-state index in [0.717, 1.165) is 15.2 Å². The first-order valence-electron chi connectivity index (χ1n) is 6.31. The molecule has 3 rings (SSSR count). The van der Waals surface area contributed by atoms with Gasteiger partial charge in [0.05, 0.1) is 4.47 Å². The molecule has 0 saturated heterocycles. The highest BCUT2D eigenvalue weighted by atomic mass is 79.9. The minimum absolute atomic E-state index is 0.0130. The lowest BCUT2D eigenvalue weighted by Gasteiger charge is -2.09. The van der Waals surface area contributed by atoms with Crippen molar-refractivity contribution in [1.29, 1.82) is 5.41 Å². The van der Waals surface area contributed by atoms with E-state index in [9.17, 15) is 0 Å². The quantitative estimate of drug-likeness (QED) is 0.557. The SMILES string of the molecule is N=C(N)c1ccc(Oc2ccc3ccccc3c2Br)nc1. The van der Waals surface area contributed by atoms with Crippen LogP contribution in [0.1, 0.15) is 5.56 Å². The Bertz CT molecular complexity index is 815. The Morgan fingerprint density at radius 2 is 1.90 bits per heavy atom. The minimum Gasteiger partial charge on any atom is -0.438 e. The molecule has 0 aliphatic heterocycles. The van der Waals surface area contributed by atoms with Gasteiger partial charge in [-0.15, -0.1) is 0 Å². The van der Waals surface area contributed by atoms with Crippen LogP contribution < -0.4 is 10.5 Å². The summed E-state index contributed by atoms with van der Waals surface area (Å²) in [4.78, 5) is 4.15. The number of nitrogens with two attached hydrogens (primary N) is 1. The van der Waals surface area contributed by atoms with E-state index in [0.29, 0.717) is 17.2 Å². The zero-order valence-electron chi connectivity index (χ0n) is 11.0. The summed E-state index contributed by atoms with van der Waals surface area (Å²) in [7, 11) is 0. The van der Waals surface area contributed by atoms with Crippen LogP contribution in [-0.4, -0.2) is 10.8 Å². The number of rotatable bonds is 3. The number of aromatic nitrogens is 1. The van der Waals surface area contributed by atoms with Crippen LogP contribution in [0.4, 0.5) is 0 Å². The van der Waals surface area contributed by atoms with Crippen molar-refractivity contribution in [3.05, 3.63) is 64.8 Å². The van der Waals surface area contributed by atoms with Gasteiger partial charge in [0.1, 0.15) is 11.6 Å². The summed E-state index contributed by atoms with van der Waals surface area (Å²) >= 11 is 3.57. The Hall–Kier alpha value is -2.40. The number of ether oxygens (including phenoxy) is 1. The summed E-state index contributed by atoms with van der Waals surface area (Å²) in [6.45, 7) is 0. The molecule has 0 unspecified atom stereocenters. The molecule has 104 valence electrons. The second-order valence-electron chi connectivity index (χ2n) is 4.50. The number of nitrogen functional groups attached to an aromatic ring is 1. The molecule has 0 amide bonds. The van der Waals surface area contributed by atoms with Crippen molar-refractivity contribution in [2.45, 2.75) is 0 Å². The highest BCUT2D eigenvalue weighted by molar-refractivity contribution is 9.10. The normalized spacial score (nSPS) is 10.5. The second kappa shape index (κ2) is 5.54. The van der Waals surface area contributed by atoms with Crippen LogP contribution >= 0.6 is 15.9 Å². The van der Waals surface area contributed by atoms with Crippen LogP contribution in [0.5, 0.6) is 11.6 Å². The number of pyridine rings is 1. The van der Waals surface area contributed by atoms with Crippen molar-refractivity contribution in [2.24, 2.45) is 5.73 Å². The fourth-order valence-corrected chi connectivity index (χ4v) is 2.58. The molecule has 2 aromatic carbocycles. The monoisotopic (exact) mass is 341 g/mol. The van der Waals surface area contributed by atoms with E-state index < -0.39 is 0 Å². The van der Waals surface area contributed by atoms with Gasteiger partial charge in [0, 0.05) is 17.8 Å². The van der Waals surface area contributed by atoms with Gasteiger partial charge in [0.15, 0.2) is 0 Å². The molecule has 0 radical (unpaired) electrons. The van der Waals surface area contributed by atoms with Gasteiger partial charge in [-0.05, 0) is 38.8 Å². The summed E-state index contributed by atoms with van der Waals surface area (Å²) in [6.07, 6.45) is 1.52. The van der Waals surface area contributed by atoms with Gasteiger partial charge in [0.25, 0.3) is 0 Å². The van der Waals surface area contributed by atoms with Crippen molar-refractivity contribution in [3.63, 3.8) is 0 Å². The second-order valence-corrected chi connectivity index (χ2v) is 5.29. The predicted molar refractivity (Wildman–Crippen MR) is 87.0 cm³/mol. The number of nitrogens with zero attached hydrogens (tertiary/aromatic N) is 1. The van der Waals surface area contributed by atoms with E-state index in [2.05, 4.69) is 20.9 Å². The summed E-state index contributed by atoms with van der Waals surface area (Å²) in [5.74, 6) is 1.13. The van der Waals surface area contributed by atoms with E-state index in [1.807, 2.05) is 36.4 Å². The molecule has 3 N–H and O–H groups in total. The third-order valence-corrected chi connectivity index (χ3v) is 3.91. The first-order valence-corrected chi connectivity index (χ1v) is 7.10. The van der Waals surface area contributed by atoms with Gasteiger partial charge in [0.2, 0.25) is 5.88 Å². The fourth-order valence-electron chi connectivity index (χ4n) is 2.01. The summed E-state index contributed by atoms with van der Waals surface area (Å²) in [5, 5.41) is 9.56. The standard InChI is InChI=1S/C16H12BrN3O/c17-15-12-4-2-1-3-10(12)5-7-13(15)21-14-8-6-11(9-20-14)16(18)19/h1-9H,(H3,18,19). The average Bonchev–Trinajstić information content (AvgIpc) is 2.51. The van der Waals surface area contributed by atoms with Gasteiger partial charge >= 0.3 is 0 Å². The van der Waals surface area contributed by atoms with Gasteiger partial charge < -0.3 is 10.5 Å². The van der Waals surface area contributed by atoms with E-state index in [1.165, 1.54) is 6.20 Å². The number of amidine groups is 1. The van der Waals surface area contributed by atoms with E-state index in [1.54, 1.807) is 12.1 Å². The molecular weight excluding hydrogens is 330 g/mol. The number of benzene rings is 2. The molecule has 0 fully saturated rings. The van der Waals surface area contributed by atoms with Crippen molar-refractivity contribution in [1.82, 2.24) is 4.98 Å². The number of halogens is 1. The first kappa shape index (κ1) is 13.6. The maximum atomic E-state index is 7.34. The largest absolute Gasteiger partial charge is 0.438 e. The van der Waals surface area contributed by atoms with Crippen LogP contribution in [0.15, 0.2) is 59.2 Å². The lowest BCUT2D eigenvalue weighted by atomic mass is 10.1. The summed E-state index contributed by atoms with van der Waals surface area (Å²) in [6, 6.07) is 15.3. The Kier molecular flexibility index (Phi) is 3.58. The van der Waals surface area contributed by atoms with Crippen LogP contribution in [-0.2, 0) is 0 Å². The molecule has 0 aliphatic carbocycles. The van der Waals surface area contributed by atoms with Gasteiger partial charge in [-0.2, -0.15) is 0 Å². The fraction of sp³-hybridized carbons (Fsp3) is 0. The maximum absolute atomic E-state index is 7.34. The smallest absolute Gasteiger partial charge is 0.219 e. The molecule has 0 aliphatic rings. The molecule has 0 saturated carbocycles. The number of hydrogen-bond acceptors (Lipinski definition) is 3. The van der Waals surface area contributed by atoms with Crippen LogP contribution in [0.2, 0.25) is 0 Å². The Labute approximate surface area is 130 Å². The maximum Gasteiger partial charge on any atom is 0.219 e. The van der Waals surface area contributed by atoms with Crippen molar-refractivity contribution >= 4 is 32.5 Å². The van der Waals surface area contributed by atoms with Gasteiger partial charge in [-0.1, -0.05) is 30.3 Å². The molecule has 3 aromatic rings. The zero-order chi connectivity index (χ0) is 14.8. The van der Waals surface area contributed by atoms with Gasteiger partial charge in [-0.25, -0.2) is 4.98 Å². The summed E-state index contributed by atoms with van der Waals surface area (Å²) in [5.41, 5.74) is 5.97. The highest BCUT2D eigenvalue weighted by Gasteiger charge is 2.08. The molecular formula is C16H12BrN3O. The lowest BCUT2D eigenvalue weighted by Crippen LogP contribution is -2.11. The third-order valence-electron chi connectivity index (χ3n) is 3.09. The Morgan fingerprint density at radius 1 is 1.10 bits per heavy atom. The van der Waals surface area contributed by atoms with Crippen molar-refractivity contribution in [2.75, 3.05) is 0 Å². The predicted octanol–water partition coefficient (Wildman–Crippen LogP) is 4.07. The third kappa shape index (κ3) is 2.73. The summed E-state index contributed by atoms with van der Waals surface area (Å²) < 4.78 is 6.67. The van der Waals surface area contributed by atoms with Crippen LogP contribution in [0, 0.1) is 5.41 Å². The molecule has 4 nitrogen and oxygen atoms in total. The molecule has 1 aromatic heterocycles. The highest BCUT2D eigenvalue weighted by Crippen LogP contribution is 2.35. The van der Waals surface area contributed by atoms with E-state index in [4.69, 9.17) is 15.9 Å². The number of nitrogens with one attached hydrogen (secondary N) is 1. The molecule has 1 heterocycles. The molecule has 21 heavy (non-hydrogen) atoms. The molecule has 0 bridgehead atoms. The first-order chi connectivity index (χ1) is 10.1. The molecule has 0 atom stereocenters.